The maximum atomic E-state index is 13.0. The second-order valence-corrected chi connectivity index (χ2v) is 7.52. The van der Waals surface area contributed by atoms with Crippen LogP contribution < -0.4 is 0 Å². The largest absolute Gasteiger partial charge is 0.417 e. The van der Waals surface area contributed by atoms with E-state index in [0.29, 0.717) is 21.8 Å². The highest BCUT2D eigenvalue weighted by Crippen LogP contribution is 2.36. The summed E-state index contributed by atoms with van der Waals surface area (Å²) in [5, 5.41) is 0. The molecule has 0 spiro atoms. The fourth-order valence-electron chi connectivity index (χ4n) is 2.42. The third-order valence-electron chi connectivity index (χ3n) is 3.57. The van der Waals surface area contributed by atoms with E-state index < -0.39 is 17.6 Å². The summed E-state index contributed by atoms with van der Waals surface area (Å²) in [4.78, 5) is 14.1. The van der Waals surface area contributed by atoms with Crippen LogP contribution in [0.15, 0.2) is 22.7 Å². The molecule has 0 aromatic heterocycles. The first-order chi connectivity index (χ1) is 9.68. The smallest absolute Gasteiger partial charge is 0.341 e. The highest BCUT2D eigenvalue weighted by molar-refractivity contribution is 9.10. The summed E-state index contributed by atoms with van der Waals surface area (Å²) in [7, 11) is 1.55. The zero-order valence-electron chi connectivity index (χ0n) is 11.3. The standard InChI is InChI=1S/C14H14Br2F3NO/c1-20(7-8-4-10(16)5-8)13(21)11-3-2-9(15)6-12(11)14(17,18)19/h2-3,6,8,10H,4-5,7H2,1H3. The van der Waals surface area contributed by atoms with Crippen LogP contribution in [0.5, 0.6) is 0 Å². The van der Waals surface area contributed by atoms with Gasteiger partial charge in [-0.05, 0) is 37.0 Å². The maximum absolute atomic E-state index is 13.0. The van der Waals surface area contributed by atoms with Crippen molar-refractivity contribution in [1.82, 2.24) is 4.90 Å². The number of halogens is 5. The molecule has 0 atom stereocenters. The van der Waals surface area contributed by atoms with E-state index in [1.165, 1.54) is 17.0 Å². The van der Waals surface area contributed by atoms with Crippen LogP contribution in [0.4, 0.5) is 13.2 Å². The molecule has 1 saturated carbocycles. The summed E-state index contributed by atoms with van der Waals surface area (Å²) in [6.45, 7) is 0.480. The number of carbonyl (C=O) groups is 1. The van der Waals surface area contributed by atoms with Gasteiger partial charge in [0.2, 0.25) is 0 Å². The van der Waals surface area contributed by atoms with Gasteiger partial charge in [0.1, 0.15) is 0 Å². The average Bonchev–Trinajstić information content (AvgIpc) is 2.35. The third kappa shape index (κ3) is 4.00. The first kappa shape index (κ1) is 16.8. The minimum absolute atomic E-state index is 0.301. The predicted octanol–water partition coefficient (Wildman–Crippen LogP) is 4.71. The second kappa shape index (κ2) is 6.28. The Kier molecular flexibility index (Phi) is 5.03. The Morgan fingerprint density at radius 2 is 2.00 bits per heavy atom. The number of hydrogen-bond acceptors (Lipinski definition) is 1. The fourth-order valence-corrected chi connectivity index (χ4v) is 3.84. The van der Waals surface area contributed by atoms with Gasteiger partial charge in [-0.15, -0.1) is 0 Å². The van der Waals surface area contributed by atoms with Crippen LogP contribution in [0.25, 0.3) is 0 Å². The molecule has 116 valence electrons. The Balaban J connectivity index is 2.18. The summed E-state index contributed by atoms with van der Waals surface area (Å²) >= 11 is 6.47. The van der Waals surface area contributed by atoms with Crippen molar-refractivity contribution < 1.29 is 18.0 Å². The van der Waals surface area contributed by atoms with Crippen molar-refractivity contribution in [1.29, 1.82) is 0 Å². The normalized spacial score (nSPS) is 21.8. The van der Waals surface area contributed by atoms with E-state index in [0.717, 1.165) is 18.9 Å². The van der Waals surface area contributed by atoms with E-state index in [-0.39, 0.29) is 5.56 Å². The van der Waals surface area contributed by atoms with Gasteiger partial charge in [-0.2, -0.15) is 13.2 Å². The zero-order chi connectivity index (χ0) is 15.8. The Labute approximate surface area is 137 Å². The van der Waals surface area contributed by atoms with Crippen LogP contribution in [0, 0.1) is 5.92 Å². The molecule has 1 aliphatic carbocycles. The molecule has 0 saturated heterocycles. The topological polar surface area (TPSA) is 20.3 Å². The van der Waals surface area contributed by atoms with Gasteiger partial charge in [-0.3, -0.25) is 4.79 Å². The molecule has 1 fully saturated rings. The van der Waals surface area contributed by atoms with Crippen LogP contribution in [0.1, 0.15) is 28.8 Å². The van der Waals surface area contributed by atoms with Gasteiger partial charge in [0.25, 0.3) is 5.91 Å². The van der Waals surface area contributed by atoms with Gasteiger partial charge < -0.3 is 4.90 Å². The molecule has 0 aliphatic heterocycles. The molecule has 2 nitrogen and oxygen atoms in total. The lowest BCUT2D eigenvalue weighted by Crippen LogP contribution is -2.38. The molecule has 0 bridgehead atoms. The van der Waals surface area contributed by atoms with Gasteiger partial charge in [-0.25, -0.2) is 0 Å². The summed E-state index contributed by atoms with van der Waals surface area (Å²) in [5.41, 5.74) is -1.20. The Hall–Kier alpha value is -0.560. The lowest BCUT2D eigenvalue weighted by Gasteiger charge is -2.34. The number of hydrogen-bond donors (Lipinski definition) is 0. The van der Waals surface area contributed by atoms with E-state index in [2.05, 4.69) is 31.9 Å². The van der Waals surface area contributed by atoms with Crippen molar-refractivity contribution in [3.05, 3.63) is 33.8 Å². The number of carbonyl (C=O) groups excluding carboxylic acids is 1. The first-order valence-electron chi connectivity index (χ1n) is 6.44. The van der Waals surface area contributed by atoms with Crippen LogP contribution in [0.2, 0.25) is 0 Å². The molecule has 0 unspecified atom stereocenters. The Morgan fingerprint density at radius 1 is 1.38 bits per heavy atom. The van der Waals surface area contributed by atoms with Crippen LogP contribution in [-0.4, -0.2) is 29.2 Å². The predicted molar refractivity (Wildman–Crippen MR) is 81.5 cm³/mol. The van der Waals surface area contributed by atoms with Crippen molar-refractivity contribution in [2.24, 2.45) is 5.92 Å². The van der Waals surface area contributed by atoms with Gasteiger partial charge in [0, 0.05) is 22.9 Å². The maximum Gasteiger partial charge on any atom is 0.417 e. The highest BCUT2D eigenvalue weighted by atomic mass is 79.9. The van der Waals surface area contributed by atoms with Gasteiger partial charge in [0.15, 0.2) is 0 Å². The molecule has 1 aromatic rings. The van der Waals surface area contributed by atoms with Crippen molar-refractivity contribution in [3.63, 3.8) is 0 Å². The van der Waals surface area contributed by atoms with Crippen molar-refractivity contribution >= 4 is 37.8 Å². The van der Waals surface area contributed by atoms with Crippen LogP contribution in [-0.2, 0) is 6.18 Å². The van der Waals surface area contributed by atoms with E-state index in [1.54, 1.807) is 7.05 Å². The number of nitrogens with zero attached hydrogens (tertiary/aromatic N) is 1. The average molecular weight is 429 g/mol. The summed E-state index contributed by atoms with van der Waals surface area (Å²) in [5.74, 6) is -0.235. The number of rotatable bonds is 3. The first-order valence-corrected chi connectivity index (χ1v) is 8.15. The second-order valence-electron chi connectivity index (χ2n) is 5.31. The molecule has 1 aromatic carbocycles. The third-order valence-corrected chi connectivity index (χ3v) is 4.82. The fraction of sp³-hybridized carbons (Fsp3) is 0.500. The molecule has 21 heavy (non-hydrogen) atoms. The quantitative estimate of drug-likeness (QED) is 0.638. The van der Waals surface area contributed by atoms with E-state index >= 15 is 0 Å². The molecule has 0 radical (unpaired) electrons. The van der Waals surface area contributed by atoms with E-state index in [4.69, 9.17) is 0 Å². The monoisotopic (exact) mass is 427 g/mol. The summed E-state index contributed by atoms with van der Waals surface area (Å²) in [6.07, 6.45) is -2.65. The summed E-state index contributed by atoms with van der Waals surface area (Å²) in [6, 6.07) is 3.62. The Morgan fingerprint density at radius 3 is 2.52 bits per heavy atom. The lowest BCUT2D eigenvalue weighted by molar-refractivity contribution is -0.138. The number of amides is 1. The van der Waals surface area contributed by atoms with Gasteiger partial charge in [-0.1, -0.05) is 31.9 Å². The SMILES string of the molecule is CN(CC1CC(Br)C1)C(=O)c1ccc(Br)cc1C(F)(F)F. The van der Waals surface area contributed by atoms with Gasteiger partial charge in [0.05, 0.1) is 11.1 Å². The molecule has 1 aliphatic rings. The van der Waals surface area contributed by atoms with Crippen LogP contribution >= 0.6 is 31.9 Å². The molecule has 0 heterocycles. The van der Waals surface area contributed by atoms with Crippen molar-refractivity contribution in [2.75, 3.05) is 13.6 Å². The van der Waals surface area contributed by atoms with Gasteiger partial charge >= 0.3 is 6.18 Å². The zero-order valence-corrected chi connectivity index (χ0v) is 14.4. The van der Waals surface area contributed by atoms with Crippen molar-refractivity contribution in [2.45, 2.75) is 23.8 Å². The lowest BCUT2D eigenvalue weighted by atomic mass is 9.85. The van der Waals surface area contributed by atoms with E-state index in [1.807, 2.05) is 0 Å². The molecule has 1 amide bonds. The Bertz CT molecular complexity index is 542. The minimum atomic E-state index is -4.55. The number of benzene rings is 1. The van der Waals surface area contributed by atoms with Crippen molar-refractivity contribution in [3.8, 4) is 0 Å². The molecular weight excluding hydrogens is 415 g/mol. The highest BCUT2D eigenvalue weighted by Gasteiger charge is 2.37. The minimum Gasteiger partial charge on any atom is -0.341 e. The summed E-state index contributed by atoms with van der Waals surface area (Å²) < 4.78 is 39.4. The van der Waals surface area contributed by atoms with Crippen LogP contribution in [0.3, 0.4) is 0 Å². The molecule has 0 N–H and O–H groups in total. The van der Waals surface area contributed by atoms with E-state index in [9.17, 15) is 18.0 Å². The number of alkyl halides is 4. The molecule has 2 rings (SSSR count). The molecule has 7 heteroatoms. The molecular formula is C14H14Br2F3NO.